The molecule has 1 aliphatic heterocycles. The Bertz CT molecular complexity index is 494. The molecule has 3 aliphatic rings. The molecule has 2 saturated carbocycles. The molecule has 1 amide bonds. The maximum absolute atomic E-state index is 13.4. The van der Waals surface area contributed by atoms with E-state index in [4.69, 9.17) is 0 Å². The molecule has 0 bridgehead atoms. The van der Waals surface area contributed by atoms with Crippen LogP contribution in [0.25, 0.3) is 0 Å². The van der Waals surface area contributed by atoms with E-state index in [9.17, 15) is 18.0 Å². The Hall–Kier alpha value is -0.780. The maximum Gasteiger partial charge on any atom is 0.392 e. The van der Waals surface area contributed by atoms with Crippen LogP contribution in [0.3, 0.4) is 0 Å². The van der Waals surface area contributed by atoms with Crippen molar-refractivity contribution < 1.29 is 18.0 Å². The number of carbonyl (C=O) groups is 1. The monoisotopic (exact) mass is 388 g/mol. The smallest absolute Gasteiger partial charge is 0.342 e. The summed E-state index contributed by atoms with van der Waals surface area (Å²) in [6.45, 7) is 4.26. The van der Waals surface area contributed by atoms with E-state index in [0.717, 1.165) is 38.3 Å². The molecule has 1 saturated heterocycles. The van der Waals surface area contributed by atoms with Crippen LogP contribution in [0.2, 0.25) is 0 Å². The Balaban J connectivity index is 1.53. The fraction of sp³-hybridized carbons (Fsp3) is 0.952. The number of alkyl halides is 3. The minimum atomic E-state index is -4.26. The van der Waals surface area contributed by atoms with Crippen molar-refractivity contribution in [3.05, 3.63) is 0 Å². The second-order valence-electron chi connectivity index (χ2n) is 9.17. The molecule has 1 heterocycles. The fourth-order valence-corrected chi connectivity index (χ4v) is 5.51. The summed E-state index contributed by atoms with van der Waals surface area (Å²) < 4.78 is 40.1. The molecule has 3 nitrogen and oxygen atoms in total. The number of hydrogen-bond acceptors (Lipinski definition) is 2. The quantitative estimate of drug-likeness (QED) is 0.690. The Kier molecular flexibility index (Phi) is 6.75. The lowest BCUT2D eigenvalue weighted by atomic mass is 9.77. The van der Waals surface area contributed by atoms with Crippen molar-refractivity contribution in [2.24, 2.45) is 17.8 Å². The van der Waals surface area contributed by atoms with Gasteiger partial charge in [-0.1, -0.05) is 19.8 Å². The second kappa shape index (κ2) is 8.71. The van der Waals surface area contributed by atoms with Gasteiger partial charge in [-0.3, -0.25) is 4.79 Å². The van der Waals surface area contributed by atoms with E-state index in [1.54, 1.807) is 11.9 Å². The first-order valence-corrected chi connectivity index (χ1v) is 10.8. The van der Waals surface area contributed by atoms with Crippen LogP contribution in [-0.4, -0.2) is 54.1 Å². The lowest BCUT2D eigenvalue weighted by molar-refractivity contribution is -0.201. The lowest BCUT2D eigenvalue weighted by Crippen LogP contribution is -2.52. The van der Waals surface area contributed by atoms with Gasteiger partial charge < -0.3 is 9.80 Å². The summed E-state index contributed by atoms with van der Waals surface area (Å²) in [5.41, 5.74) is 0. The van der Waals surface area contributed by atoms with Crippen molar-refractivity contribution in [2.75, 3.05) is 20.1 Å². The molecular formula is C21H35F3N2O. The van der Waals surface area contributed by atoms with E-state index < -0.39 is 18.0 Å². The highest BCUT2D eigenvalue weighted by Crippen LogP contribution is 2.42. The number of hydrogen-bond donors (Lipinski definition) is 0. The zero-order chi connectivity index (χ0) is 19.6. The van der Waals surface area contributed by atoms with Crippen molar-refractivity contribution in [1.29, 1.82) is 0 Å². The zero-order valence-electron chi connectivity index (χ0n) is 16.8. The largest absolute Gasteiger partial charge is 0.392 e. The number of rotatable bonds is 3. The predicted octanol–water partition coefficient (Wildman–Crippen LogP) is 4.86. The molecule has 27 heavy (non-hydrogen) atoms. The van der Waals surface area contributed by atoms with E-state index in [2.05, 4.69) is 11.8 Å². The third-order valence-corrected chi connectivity index (χ3v) is 7.40. The topological polar surface area (TPSA) is 23.6 Å². The number of halogens is 3. The third kappa shape index (κ3) is 4.99. The highest BCUT2D eigenvalue weighted by molar-refractivity contribution is 5.79. The van der Waals surface area contributed by atoms with Crippen molar-refractivity contribution >= 4 is 5.91 Å². The van der Waals surface area contributed by atoms with Gasteiger partial charge in [0, 0.05) is 38.1 Å². The zero-order valence-corrected chi connectivity index (χ0v) is 16.8. The minimum Gasteiger partial charge on any atom is -0.342 e. The normalized spacial score (nSPS) is 34.4. The SMILES string of the molecule is CC1CCC(N2CCC(N(C)C(=O)[C@H]3CCCC[C@@H]3C(F)(F)F)CC2)CC1. The van der Waals surface area contributed by atoms with Crippen molar-refractivity contribution in [1.82, 2.24) is 9.80 Å². The molecule has 3 fully saturated rings. The third-order valence-electron chi connectivity index (χ3n) is 7.40. The Morgan fingerprint density at radius 2 is 1.52 bits per heavy atom. The van der Waals surface area contributed by atoms with Gasteiger partial charge in [-0.05, 0) is 57.3 Å². The van der Waals surface area contributed by atoms with Crippen LogP contribution in [0, 0.1) is 17.8 Å². The number of nitrogens with zero attached hydrogens (tertiary/aromatic N) is 2. The molecule has 0 aromatic carbocycles. The van der Waals surface area contributed by atoms with Crippen LogP contribution in [0.1, 0.15) is 71.1 Å². The van der Waals surface area contributed by atoms with Gasteiger partial charge in [-0.15, -0.1) is 0 Å². The summed E-state index contributed by atoms with van der Waals surface area (Å²) in [5.74, 6) is -1.77. The summed E-state index contributed by atoms with van der Waals surface area (Å²) in [5, 5.41) is 0. The van der Waals surface area contributed by atoms with Gasteiger partial charge in [-0.25, -0.2) is 0 Å². The Morgan fingerprint density at radius 3 is 2.11 bits per heavy atom. The van der Waals surface area contributed by atoms with Gasteiger partial charge in [0.25, 0.3) is 0 Å². The highest BCUT2D eigenvalue weighted by Gasteiger charge is 2.49. The molecule has 0 aromatic heterocycles. The van der Waals surface area contributed by atoms with Crippen LogP contribution in [0.4, 0.5) is 13.2 Å². The molecule has 2 atom stereocenters. The fourth-order valence-electron chi connectivity index (χ4n) is 5.51. The molecule has 0 radical (unpaired) electrons. The van der Waals surface area contributed by atoms with Gasteiger partial charge in [-0.2, -0.15) is 13.2 Å². The van der Waals surface area contributed by atoms with Gasteiger partial charge in [0.15, 0.2) is 0 Å². The summed E-state index contributed by atoms with van der Waals surface area (Å²) in [6.07, 6.45) is 4.42. The number of piperidine rings is 1. The molecule has 156 valence electrons. The molecule has 0 spiro atoms. The maximum atomic E-state index is 13.4. The molecular weight excluding hydrogens is 353 g/mol. The standard InChI is InChI=1S/C21H35F3N2O/c1-15-7-9-17(10-8-15)26-13-11-16(12-14-26)25(2)20(27)18-5-3-4-6-19(18)21(22,23)24/h15-19H,3-14H2,1-2H3/t15?,17?,18-,19-/m0/s1. The van der Waals surface area contributed by atoms with Crippen LogP contribution in [0.5, 0.6) is 0 Å². The van der Waals surface area contributed by atoms with E-state index in [-0.39, 0.29) is 18.4 Å². The Labute approximate surface area is 161 Å². The van der Waals surface area contributed by atoms with Crippen LogP contribution in [0.15, 0.2) is 0 Å². The van der Waals surface area contributed by atoms with Crippen molar-refractivity contribution in [3.8, 4) is 0 Å². The second-order valence-corrected chi connectivity index (χ2v) is 9.17. The highest BCUT2D eigenvalue weighted by atomic mass is 19.4. The van der Waals surface area contributed by atoms with Crippen LogP contribution >= 0.6 is 0 Å². The first-order chi connectivity index (χ1) is 12.8. The average Bonchev–Trinajstić information content (AvgIpc) is 2.67. The lowest BCUT2D eigenvalue weighted by Gasteiger charge is -2.43. The first kappa shape index (κ1) is 20.9. The summed E-state index contributed by atoms with van der Waals surface area (Å²) in [6, 6.07) is 0.753. The predicted molar refractivity (Wildman–Crippen MR) is 100 cm³/mol. The van der Waals surface area contributed by atoms with E-state index in [1.807, 2.05) is 0 Å². The molecule has 0 aromatic rings. The number of likely N-dealkylation sites (tertiary alicyclic amines) is 1. The molecule has 3 rings (SSSR count). The van der Waals surface area contributed by atoms with E-state index in [0.29, 0.717) is 18.9 Å². The number of amides is 1. The summed E-state index contributed by atoms with van der Waals surface area (Å²) >= 11 is 0. The van der Waals surface area contributed by atoms with Crippen LogP contribution < -0.4 is 0 Å². The minimum absolute atomic E-state index is 0.0899. The van der Waals surface area contributed by atoms with Crippen molar-refractivity contribution in [3.63, 3.8) is 0 Å². The molecule has 0 unspecified atom stereocenters. The van der Waals surface area contributed by atoms with Gasteiger partial charge >= 0.3 is 6.18 Å². The van der Waals surface area contributed by atoms with Gasteiger partial charge in [0.2, 0.25) is 5.91 Å². The van der Waals surface area contributed by atoms with E-state index in [1.165, 1.54) is 25.7 Å². The average molecular weight is 389 g/mol. The molecule has 6 heteroatoms. The van der Waals surface area contributed by atoms with Crippen LogP contribution in [-0.2, 0) is 4.79 Å². The number of carbonyl (C=O) groups excluding carboxylic acids is 1. The van der Waals surface area contributed by atoms with Gasteiger partial charge in [0.05, 0.1) is 5.92 Å². The molecule has 0 N–H and O–H groups in total. The summed E-state index contributed by atoms with van der Waals surface area (Å²) in [4.78, 5) is 17.1. The Morgan fingerprint density at radius 1 is 0.926 bits per heavy atom. The van der Waals surface area contributed by atoms with Crippen molar-refractivity contribution in [2.45, 2.75) is 89.4 Å². The summed E-state index contributed by atoms with van der Waals surface area (Å²) in [7, 11) is 1.73. The van der Waals surface area contributed by atoms with E-state index >= 15 is 0 Å². The first-order valence-electron chi connectivity index (χ1n) is 10.8. The van der Waals surface area contributed by atoms with Gasteiger partial charge in [0.1, 0.15) is 0 Å². The molecule has 2 aliphatic carbocycles.